The minimum absolute atomic E-state index is 0.222. The molecule has 0 unspecified atom stereocenters. The zero-order chi connectivity index (χ0) is 16.8. The third-order valence-electron chi connectivity index (χ3n) is 3.20. The molecule has 23 heavy (non-hydrogen) atoms. The molecule has 0 spiro atoms. The van der Waals surface area contributed by atoms with Crippen LogP contribution in [0.4, 0.5) is 0 Å². The number of benzene rings is 2. The summed E-state index contributed by atoms with van der Waals surface area (Å²) >= 11 is 0. The van der Waals surface area contributed by atoms with Gasteiger partial charge in [0.15, 0.2) is 0 Å². The average molecular weight is 313 g/mol. The van der Waals surface area contributed by atoms with Gasteiger partial charge in [-0.15, -0.1) is 0 Å². The lowest BCUT2D eigenvalue weighted by atomic mass is 10.1. The lowest BCUT2D eigenvalue weighted by molar-refractivity contribution is 0.0733. The van der Waals surface area contributed by atoms with Crippen LogP contribution < -0.4 is 14.2 Å². The van der Waals surface area contributed by atoms with Crippen LogP contribution >= 0.6 is 0 Å². The smallest absolute Gasteiger partial charge is 0.343 e. The summed E-state index contributed by atoms with van der Waals surface area (Å²) in [4.78, 5) is 12.2. The molecular formula is C17H15NO5. The van der Waals surface area contributed by atoms with E-state index in [1.54, 1.807) is 12.1 Å². The highest BCUT2D eigenvalue weighted by molar-refractivity contribution is 5.92. The van der Waals surface area contributed by atoms with Crippen LogP contribution in [0.1, 0.15) is 21.5 Å². The van der Waals surface area contributed by atoms with E-state index in [1.807, 2.05) is 6.07 Å². The number of aliphatic hydroxyl groups is 1. The van der Waals surface area contributed by atoms with Gasteiger partial charge in [0, 0.05) is 0 Å². The standard InChI is InChI=1S/C17H15NO5/c1-21-15-7-12(8-16(22-2)14(15)10-19)17(20)23-13-5-3-11(9-18)4-6-13/h3-8,19H,10H2,1-2H3. The van der Waals surface area contributed by atoms with Gasteiger partial charge in [0.2, 0.25) is 0 Å². The number of methoxy groups -OCH3 is 2. The molecule has 0 saturated heterocycles. The molecular weight excluding hydrogens is 298 g/mol. The van der Waals surface area contributed by atoms with Gasteiger partial charge in [-0.2, -0.15) is 5.26 Å². The Morgan fingerprint density at radius 1 is 1.13 bits per heavy atom. The predicted molar refractivity (Wildman–Crippen MR) is 81.6 cm³/mol. The second-order valence-corrected chi connectivity index (χ2v) is 4.54. The lowest BCUT2D eigenvalue weighted by Crippen LogP contribution is -2.10. The maximum atomic E-state index is 12.2. The molecule has 2 rings (SSSR count). The molecule has 0 amide bonds. The molecule has 0 aromatic heterocycles. The van der Waals surface area contributed by atoms with Crippen molar-refractivity contribution in [3.05, 3.63) is 53.1 Å². The molecule has 0 bridgehead atoms. The number of aliphatic hydroxyl groups excluding tert-OH is 1. The first kappa shape index (κ1) is 16.3. The maximum Gasteiger partial charge on any atom is 0.343 e. The highest BCUT2D eigenvalue weighted by Gasteiger charge is 2.17. The number of hydrogen-bond acceptors (Lipinski definition) is 6. The first-order valence-corrected chi connectivity index (χ1v) is 6.71. The zero-order valence-corrected chi connectivity index (χ0v) is 12.7. The van der Waals surface area contributed by atoms with Crippen molar-refractivity contribution in [2.24, 2.45) is 0 Å². The molecule has 0 saturated carbocycles. The Kier molecular flexibility index (Phi) is 5.18. The van der Waals surface area contributed by atoms with Gasteiger partial charge in [0.1, 0.15) is 17.2 Å². The number of ether oxygens (including phenoxy) is 3. The third-order valence-corrected chi connectivity index (χ3v) is 3.20. The van der Waals surface area contributed by atoms with Gasteiger partial charge in [0.25, 0.3) is 0 Å². The molecule has 0 heterocycles. The van der Waals surface area contributed by atoms with Crippen molar-refractivity contribution in [3.8, 4) is 23.3 Å². The Morgan fingerprint density at radius 3 is 2.13 bits per heavy atom. The quantitative estimate of drug-likeness (QED) is 0.673. The van der Waals surface area contributed by atoms with Crippen molar-refractivity contribution in [2.45, 2.75) is 6.61 Å². The molecule has 0 atom stereocenters. The fourth-order valence-corrected chi connectivity index (χ4v) is 2.02. The van der Waals surface area contributed by atoms with Crippen LogP contribution in [-0.2, 0) is 6.61 Å². The van der Waals surface area contributed by atoms with Crippen LogP contribution in [0.3, 0.4) is 0 Å². The monoisotopic (exact) mass is 313 g/mol. The zero-order valence-electron chi connectivity index (χ0n) is 12.7. The van der Waals surface area contributed by atoms with E-state index in [9.17, 15) is 9.90 Å². The van der Waals surface area contributed by atoms with Crippen LogP contribution in [0.25, 0.3) is 0 Å². The number of nitriles is 1. The van der Waals surface area contributed by atoms with Crippen molar-refractivity contribution < 1.29 is 24.1 Å². The first-order chi connectivity index (χ1) is 11.1. The second-order valence-electron chi connectivity index (χ2n) is 4.54. The summed E-state index contributed by atoms with van der Waals surface area (Å²) in [5.74, 6) is 0.381. The number of rotatable bonds is 5. The number of nitrogens with zero attached hydrogens (tertiary/aromatic N) is 1. The maximum absolute atomic E-state index is 12.2. The van der Waals surface area contributed by atoms with Crippen molar-refractivity contribution in [1.29, 1.82) is 5.26 Å². The molecule has 0 radical (unpaired) electrons. The highest BCUT2D eigenvalue weighted by Crippen LogP contribution is 2.31. The van der Waals surface area contributed by atoms with Crippen molar-refractivity contribution >= 4 is 5.97 Å². The fourth-order valence-electron chi connectivity index (χ4n) is 2.02. The third kappa shape index (κ3) is 3.59. The lowest BCUT2D eigenvalue weighted by Gasteiger charge is -2.13. The van der Waals surface area contributed by atoms with Crippen LogP contribution in [0.15, 0.2) is 36.4 Å². The van der Waals surface area contributed by atoms with Gasteiger partial charge >= 0.3 is 5.97 Å². The van der Waals surface area contributed by atoms with E-state index in [0.29, 0.717) is 28.4 Å². The summed E-state index contributed by atoms with van der Waals surface area (Å²) in [7, 11) is 2.87. The first-order valence-electron chi connectivity index (χ1n) is 6.71. The van der Waals surface area contributed by atoms with Crippen LogP contribution in [-0.4, -0.2) is 25.3 Å². The molecule has 0 aliphatic heterocycles. The second kappa shape index (κ2) is 7.29. The Labute approximate surface area is 133 Å². The van der Waals surface area contributed by atoms with E-state index >= 15 is 0 Å². The molecule has 0 fully saturated rings. The molecule has 2 aromatic carbocycles. The van der Waals surface area contributed by atoms with Gasteiger partial charge in [-0.25, -0.2) is 4.79 Å². The molecule has 2 aromatic rings. The normalized spacial score (nSPS) is 9.83. The molecule has 6 nitrogen and oxygen atoms in total. The molecule has 118 valence electrons. The topological polar surface area (TPSA) is 88.8 Å². The SMILES string of the molecule is COc1cc(C(=O)Oc2ccc(C#N)cc2)cc(OC)c1CO. The van der Waals surface area contributed by atoms with Crippen molar-refractivity contribution in [3.63, 3.8) is 0 Å². The van der Waals surface area contributed by atoms with Crippen molar-refractivity contribution in [2.75, 3.05) is 14.2 Å². The van der Waals surface area contributed by atoms with Crippen LogP contribution in [0.2, 0.25) is 0 Å². The van der Waals surface area contributed by atoms with Crippen molar-refractivity contribution in [1.82, 2.24) is 0 Å². The summed E-state index contributed by atoms with van der Waals surface area (Å²) in [6.45, 7) is -0.280. The molecule has 0 aliphatic carbocycles. The van der Waals surface area contributed by atoms with E-state index < -0.39 is 5.97 Å². The average Bonchev–Trinajstić information content (AvgIpc) is 2.60. The van der Waals surface area contributed by atoms with Crippen LogP contribution in [0, 0.1) is 11.3 Å². The van der Waals surface area contributed by atoms with Gasteiger partial charge in [0.05, 0.1) is 43.6 Å². The Morgan fingerprint density at radius 2 is 1.70 bits per heavy atom. The number of carbonyl (C=O) groups is 1. The van der Waals surface area contributed by atoms with Gasteiger partial charge in [-0.1, -0.05) is 0 Å². The van der Waals surface area contributed by atoms with E-state index in [4.69, 9.17) is 19.5 Å². The fraction of sp³-hybridized carbons (Fsp3) is 0.176. The Balaban J connectivity index is 2.29. The number of esters is 1. The number of carbonyl (C=O) groups excluding carboxylic acids is 1. The minimum atomic E-state index is -0.601. The molecule has 0 aliphatic rings. The molecule has 6 heteroatoms. The number of hydrogen-bond donors (Lipinski definition) is 1. The highest BCUT2D eigenvalue weighted by atomic mass is 16.5. The Bertz CT molecular complexity index is 722. The molecule has 1 N–H and O–H groups in total. The summed E-state index contributed by atoms with van der Waals surface area (Å²) < 4.78 is 15.6. The van der Waals surface area contributed by atoms with E-state index in [2.05, 4.69) is 0 Å². The van der Waals surface area contributed by atoms with E-state index in [-0.39, 0.29) is 12.2 Å². The summed E-state index contributed by atoms with van der Waals surface area (Å²) in [6.07, 6.45) is 0. The predicted octanol–water partition coefficient (Wildman–Crippen LogP) is 2.29. The van der Waals surface area contributed by atoms with Gasteiger partial charge in [-0.3, -0.25) is 0 Å². The van der Waals surface area contributed by atoms with E-state index in [1.165, 1.54) is 38.5 Å². The van der Waals surface area contributed by atoms with E-state index in [0.717, 1.165) is 0 Å². The largest absolute Gasteiger partial charge is 0.496 e. The summed E-state index contributed by atoms with van der Waals surface area (Å²) in [5.41, 5.74) is 1.14. The van der Waals surface area contributed by atoms with Crippen LogP contribution in [0.5, 0.6) is 17.2 Å². The minimum Gasteiger partial charge on any atom is -0.496 e. The summed E-state index contributed by atoms with van der Waals surface area (Å²) in [5, 5.41) is 18.1. The summed E-state index contributed by atoms with van der Waals surface area (Å²) in [6, 6.07) is 11.1. The van der Waals surface area contributed by atoms with Gasteiger partial charge in [-0.05, 0) is 36.4 Å². The Hall–Kier alpha value is -3.04. The van der Waals surface area contributed by atoms with Gasteiger partial charge < -0.3 is 19.3 Å².